The SMILES string of the molecule is O=C(Nc1cccc(OC(F)(F)F)c1)C1CCN(c2ccccc2[N+](=O)[O-])CC1. The van der Waals surface area contributed by atoms with Gasteiger partial charge in [-0.15, -0.1) is 13.2 Å². The van der Waals surface area contributed by atoms with Crippen LogP contribution in [0, 0.1) is 16.0 Å². The molecular weight excluding hydrogens is 391 g/mol. The summed E-state index contributed by atoms with van der Waals surface area (Å²) in [6.07, 6.45) is -3.87. The summed E-state index contributed by atoms with van der Waals surface area (Å²) in [5.41, 5.74) is 0.725. The number of halogens is 3. The Hall–Kier alpha value is -3.30. The van der Waals surface area contributed by atoms with Crippen LogP contribution in [0.1, 0.15) is 12.8 Å². The van der Waals surface area contributed by atoms with Gasteiger partial charge in [-0.25, -0.2) is 0 Å². The predicted molar refractivity (Wildman–Crippen MR) is 99.8 cm³/mol. The maximum Gasteiger partial charge on any atom is 0.573 e. The molecule has 0 saturated carbocycles. The van der Waals surface area contributed by atoms with Crippen LogP contribution in [0.15, 0.2) is 48.5 Å². The van der Waals surface area contributed by atoms with Gasteiger partial charge in [0.05, 0.1) is 4.92 Å². The Morgan fingerprint density at radius 1 is 1.14 bits per heavy atom. The number of carbonyl (C=O) groups excluding carboxylic acids is 1. The summed E-state index contributed by atoms with van der Waals surface area (Å²) in [5, 5.41) is 13.8. The van der Waals surface area contributed by atoms with Crippen LogP contribution in [-0.4, -0.2) is 30.3 Å². The average molecular weight is 409 g/mol. The number of nitrogens with one attached hydrogen (secondary N) is 1. The molecule has 1 fully saturated rings. The quantitative estimate of drug-likeness (QED) is 0.586. The molecule has 0 atom stereocenters. The van der Waals surface area contributed by atoms with E-state index in [1.807, 2.05) is 4.90 Å². The number of hydrogen-bond acceptors (Lipinski definition) is 5. The van der Waals surface area contributed by atoms with Crippen LogP contribution in [0.25, 0.3) is 0 Å². The van der Waals surface area contributed by atoms with E-state index in [1.54, 1.807) is 18.2 Å². The number of nitro benzene ring substituents is 1. The molecule has 1 N–H and O–H groups in total. The third kappa shape index (κ3) is 5.37. The van der Waals surface area contributed by atoms with Crippen molar-refractivity contribution in [3.05, 3.63) is 58.6 Å². The summed E-state index contributed by atoms with van der Waals surface area (Å²) < 4.78 is 40.8. The maximum atomic E-state index is 12.5. The first kappa shape index (κ1) is 20.4. The highest BCUT2D eigenvalue weighted by Gasteiger charge is 2.31. The zero-order valence-corrected chi connectivity index (χ0v) is 15.2. The van der Waals surface area contributed by atoms with Crippen LogP contribution in [0.4, 0.5) is 30.2 Å². The summed E-state index contributed by atoms with van der Waals surface area (Å²) in [7, 11) is 0. The zero-order chi connectivity index (χ0) is 21.0. The first-order valence-corrected chi connectivity index (χ1v) is 8.88. The van der Waals surface area contributed by atoms with Crippen molar-refractivity contribution in [2.45, 2.75) is 19.2 Å². The monoisotopic (exact) mass is 409 g/mol. The number of nitro groups is 1. The number of ether oxygens (including phenoxy) is 1. The highest BCUT2D eigenvalue weighted by Crippen LogP contribution is 2.32. The number of anilines is 2. The van der Waals surface area contributed by atoms with E-state index in [4.69, 9.17) is 0 Å². The van der Waals surface area contributed by atoms with Crippen LogP contribution in [0.3, 0.4) is 0 Å². The number of para-hydroxylation sites is 2. The minimum Gasteiger partial charge on any atom is -0.406 e. The number of carbonyl (C=O) groups is 1. The van der Waals surface area contributed by atoms with E-state index in [1.165, 1.54) is 18.2 Å². The normalized spacial score (nSPS) is 15.1. The van der Waals surface area contributed by atoms with Crippen LogP contribution in [0.5, 0.6) is 5.75 Å². The molecule has 0 unspecified atom stereocenters. The largest absolute Gasteiger partial charge is 0.573 e. The minimum absolute atomic E-state index is 0.0110. The molecule has 1 aliphatic heterocycles. The summed E-state index contributed by atoms with van der Waals surface area (Å²) >= 11 is 0. The van der Waals surface area contributed by atoms with Gasteiger partial charge in [0.15, 0.2) is 0 Å². The maximum absolute atomic E-state index is 12.5. The van der Waals surface area contributed by atoms with E-state index in [9.17, 15) is 28.1 Å². The fraction of sp³-hybridized carbons (Fsp3) is 0.316. The Morgan fingerprint density at radius 2 is 1.83 bits per heavy atom. The van der Waals surface area contributed by atoms with Crippen molar-refractivity contribution in [2.24, 2.45) is 5.92 Å². The fourth-order valence-corrected chi connectivity index (χ4v) is 3.28. The molecule has 1 saturated heterocycles. The van der Waals surface area contributed by atoms with Gasteiger partial charge < -0.3 is 15.0 Å². The minimum atomic E-state index is -4.81. The lowest BCUT2D eigenvalue weighted by molar-refractivity contribution is -0.384. The number of nitrogens with zero attached hydrogens (tertiary/aromatic N) is 2. The second kappa shape index (κ2) is 8.38. The Bertz CT molecular complexity index is 896. The number of alkyl halides is 3. The van der Waals surface area contributed by atoms with Crippen molar-refractivity contribution >= 4 is 23.0 Å². The van der Waals surface area contributed by atoms with Gasteiger partial charge in [-0.2, -0.15) is 0 Å². The smallest absolute Gasteiger partial charge is 0.406 e. The molecule has 0 aliphatic carbocycles. The van der Waals surface area contributed by atoms with E-state index in [2.05, 4.69) is 10.1 Å². The molecule has 0 radical (unpaired) electrons. The lowest BCUT2D eigenvalue weighted by atomic mass is 9.95. The van der Waals surface area contributed by atoms with Crippen molar-refractivity contribution in [1.82, 2.24) is 0 Å². The third-order valence-electron chi connectivity index (χ3n) is 4.62. The van der Waals surface area contributed by atoms with E-state index in [-0.39, 0.29) is 23.2 Å². The average Bonchev–Trinajstić information content (AvgIpc) is 2.67. The van der Waals surface area contributed by atoms with E-state index in [0.717, 1.165) is 12.1 Å². The highest BCUT2D eigenvalue weighted by molar-refractivity contribution is 5.93. The Labute approximate surface area is 164 Å². The first-order chi connectivity index (χ1) is 13.7. The fourth-order valence-electron chi connectivity index (χ4n) is 3.28. The van der Waals surface area contributed by atoms with Crippen LogP contribution < -0.4 is 15.0 Å². The molecule has 7 nitrogen and oxygen atoms in total. The van der Waals surface area contributed by atoms with Gasteiger partial charge >= 0.3 is 6.36 Å². The molecule has 3 rings (SSSR count). The van der Waals surface area contributed by atoms with Gasteiger partial charge in [0.1, 0.15) is 11.4 Å². The Morgan fingerprint density at radius 3 is 2.48 bits per heavy atom. The molecule has 0 aromatic heterocycles. The molecule has 1 heterocycles. The molecule has 0 spiro atoms. The van der Waals surface area contributed by atoms with Gasteiger partial charge in [0.2, 0.25) is 5.91 Å². The van der Waals surface area contributed by atoms with Gasteiger partial charge in [0.25, 0.3) is 5.69 Å². The molecule has 0 bridgehead atoms. The lowest BCUT2D eigenvalue weighted by Gasteiger charge is -2.32. The zero-order valence-electron chi connectivity index (χ0n) is 15.2. The van der Waals surface area contributed by atoms with Gasteiger partial charge in [-0.1, -0.05) is 18.2 Å². The molecule has 1 aliphatic rings. The molecule has 154 valence electrons. The molecule has 2 aromatic carbocycles. The van der Waals surface area contributed by atoms with Gasteiger partial charge in [-0.05, 0) is 31.0 Å². The molecule has 29 heavy (non-hydrogen) atoms. The number of hydrogen-bond donors (Lipinski definition) is 1. The summed E-state index contributed by atoms with van der Waals surface area (Å²) in [5.74, 6) is -1.07. The number of benzene rings is 2. The van der Waals surface area contributed by atoms with Crippen LogP contribution >= 0.6 is 0 Å². The lowest BCUT2D eigenvalue weighted by Crippen LogP contribution is -2.38. The molecular formula is C19H18F3N3O4. The van der Waals surface area contributed by atoms with Crippen molar-refractivity contribution < 1.29 is 27.6 Å². The van der Waals surface area contributed by atoms with Crippen LogP contribution in [-0.2, 0) is 4.79 Å². The second-order valence-corrected chi connectivity index (χ2v) is 6.57. The van der Waals surface area contributed by atoms with Crippen LogP contribution in [0.2, 0.25) is 0 Å². The van der Waals surface area contributed by atoms with Gasteiger partial charge in [-0.3, -0.25) is 14.9 Å². The Kier molecular flexibility index (Phi) is 5.90. The number of piperidine rings is 1. The van der Waals surface area contributed by atoms with Crippen molar-refractivity contribution in [3.63, 3.8) is 0 Å². The molecule has 2 aromatic rings. The summed E-state index contributed by atoms with van der Waals surface area (Å²) in [6.45, 7) is 0.917. The standard InChI is InChI=1S/C19H18F3N3O4/c20-19(21,22)29-15-5-3-4-14(12-15)23-18(26)13-8-10-24(11-9-13)16-6-1-2-7-17(16)25(27)28/h1-7,12-13H,8-11H2,(H,23,26). The third-order valence-corrected chi connectivity index (χ3v) is 4.62. The second-order valence-electron chi connectivity index (χ2n) is 6.57. The van der Waals surface area contributed by atoms with Crippen molar-refractivity contribution in [3.8, 4) is 5.75 Å². The highest BCUT2D eigenvalue weighted by atomic mass is 19.4. The topological polar surface area (TPSA) is 84.7 Å². The summed E-state index contributed by atoms with van der Waals surface area (Å²) in [6, 6.07) is 11.5. The Balaban J connectivity index is 1.60. The van der Waals surface area contributed by atoms with Crippen molar-refractivity contribution in [1.29, 1.82) is 0 Å². The number of rotatable bonds is 5. The van der Waals surface area contributed by atoms with E-state index in [0.29, 0.717) is 31.6 Å². The van der Waals surface area contributed by atoms with E-state index < -0.39 is 17.0 Å². The summed E-state index contributed by atoms with van der Waals surface area (Å²) in [4.78, 5) is 25.1. The predicted octanol–water partition coefficient (Wildman–Crippen LogP) is 4.35. The van der Waals surface area contributed by atoms with E-state index >= 15 is 0 Å². The van der Waals surface area contributed by atoms with Gasteiger partial charge in [0, 0.05) is 36.8 Å². The molecule has 10 heteroatoms. The van der Waals surface area contributed by atoms with Crippen molar-refractivity contribution in [2.75, 3.05) is 23.3 Å². The first-order valence-electron chi connectivity index (χ1n) is 8.88. The molecule has 1 amide bonds. The number of amides is 1.